The van der Waals surface area contributed by atoms with Crippen molar-refractivity contribution in [2.45, 2.75) is 139 Å². The number of pyridine rings is 2. The molecule has 89 heavy (non-hydrogen) atoms. The third-order valence-corrected chi connectivity index (χ3v) is 22.4. The smallest absolute Gasteiger partial charge is 0.293 e. The molecule has 3 aromatic carbocycles. The number of sulfonamides is 1. The number of benzene rings is 3. The highest BCUT2D eigenvalue weighted by atomic mass is 32.2. The van der Waals surface area contributed by atoms with Gasteiger partial charge in [0.15, 0.2) is 11.6 Å². The fourth-order valence-corrected chi connectivity index (χ4v) is 16.8. The molecule has 0 unspecified atom stereocenters. The van der Waals surface area contributed by atoms with Crippen LogP contribution in [0.25, 0.3) is 11.0 Å². The maximum absolute atomic E-state index is 14.9. The first-order valence-corrected chi connectivity index (χ1v) is 33.6. The lowest BCUT2D eigenvalue weighted by atomic mass is 9.59. The van der Waals surface area contributed by atoms with E-state index in [4.69, 9.17) is 28.9 Å². The van der Waals surface area contributed by atoms with Crippen LogP contribution in [0.15, 0.2) is 90.1 Å². The Morgan fingerprint density at radius 1 is 0.865 bits per heavy atom. The molecule has 2 aliphatic carbocycles. The number of aromatic amines is 1. The van der Waals surface area contributed by atoms with Crippen LogP contribution >= 0.6 is 0 Å². The lowest BCUT2D eigenvalue weighted by Crippen LogP contribution is -2.60. The van der Waals surface area contributed by atoms with Crippen molar-refractivity contribution in [1.82, 2.24) is 29.5 Å². The van der Waals surface area contributed by atoms with E-state index in [0.29, 0.717) is 87.8 Å². The van der Waals surface area contributed by atoms with Gasteiger partial charge in [-0.25, -0.2) is 18.1 Å². The van der Waals surface area contributed by atoms with Crippen molar-refractivity contribution in [2.75, 3.05) is 105 Å². The van der Waals surface area contributed by atoms with Crippen molar-refractivity contribution in [1.29, 1.82) is 0 Å². The molecule has 21 nitrogen and oxygen atoms in total. The topological polar surface area (TPSA) is 233 Å². The van der Waals surface area contributed by atoms with Gasteiger partial charge in [-0.1, -0.05) is 38.1 Å². The van der Waals surface area contributed by atoms with Gasteiger partial charge in [0.1, 0.15) is 23.1 Å². The molecule has 6 aliphatic heterocycles. The summed E-state index contributed by atoms with van der Waals surface area (Å²) in [7, 11) is -4.65. The maximum Gasteiger partial charge on any atom is 0.293 e. The maximum atomic E-state index is 14.9. The quantitative estimate of drug-likeness (QED) is 0.0587. The number of anilines is 5. The number of amides is 1. The number of nitro groups is 1. The van der Waals surface area contributed by atoms with Gasteiger partial charge in [-0.3, -0.25) is 24.7 Å². The zero-order chi connectivity index (χ0) is 61.4. The number of carbonyl (C=O) groups excluding carboxylic acids is 1. The number of rotatable bonds is 14. The van der Waals surface area contributed by atoms with Gasteiger partial charge in [0, 0.05) is 113 Å². The average molecular weight is 1230 g/mol. The number of carbonyl (C=O) groups is 1. The van der Waals surface area contributed by atoms with Gasteiger partial charge in [0.2, 0.25) is 5.88 Å². The van der Waals surface area contributed by atoms with E-state index in [-0.39, 0.29) is 40.1 Å². The average Bonchev–Trinajstić information content (AvgIpc) is 1.83. The van der Waals surface area contributed by atoms with Crippen molar-refractivity contribution in [2.24, 2.45) is 11.3 Å². The summed E-state index contributed by atoms with van der Waals surface area (Å²) in [4.78, 5) is 51.8. The molecule has 1 amide bonds. The van der Waals surface area contributed by atoms with Crippen molar-refractivity contribution in [3.63, 3.8) is 0 Å². The number of piperazine rings is 1. The molecule has 9 heterocycles. The van der Waals surface area contributed by atoms with Crippen molar-refractivity contribution in [3.05, 3.63) is 123 Å². The number of nitrogens with zero attached hydrogens (tertiary/aromatic N) is 8. The van der Waals surface area contributed by atoms with E-state index in [0.717, 1.165) is 126 Å². The number of morpholine rings is 1. The molecule has 2 saturated carbocycles. The van der Waals surface area contributed by atoms with Crippen LogP contribution in [0.5, 0.6) is 11.6 Å². The Morgan fingerprint density at radius 2 is 1.66 bits per heavy atom. The van der Waals surface area contributed by atoms with Crippen molar-refractivity contribution < 1.29 is 42.2 Å². The lowest BCUT2D eigenvalue weighted by molar-refractivity contribution is -0.384. The summed E-state index contributed by atoms with van der Waals surface area (Å²) in [6.45, 7) is 18.9. The molecule has 1 spiro atoms. The Labute approximate surface area is 520 Å². The molecule has 0 radical (unpaired) electrons. The van der Waals surface area contributed by atoms with Crippen LogP contribution in [-0.2, 0) is 31.5 Å². The molecular weight excluding hydrogens is 1150 g/mol. The first kappa shape index (κ1) is 59.5. The number of nitro benzene ring substituents is 1. The monoisotopic (exact) mass is 1230 g/mol. The van der Waals surface area contributed by atoms with Gasteiger partial charge >= 0.3 is 0 Å². The number of hydrogen-bond acceptors (Lipinski definition) is 18. The van der Waals surface area contributed by atoms with E-state index in [9.17, 15) is 28.4 Å². The number of aromatic nitrogens is 3. The first-order chi connectivity index (χ1) is 42.9. The van der Waals surface area contributed by atoms with Crippen molar-refractivity contribution >= 4 is 61.2 Å². The van der Waals surface area contributed by atoms with Gasteiger partial charge in [0.25, 0.3) is 21.6 Å². The second kappa shape index (κ2) is 23.6. The highest BCUT2D eigenvalue weighted by Crippen LogP contribution is 2.54. The van der Waals surface area contributed by atoms with E-state index in [2.05, 4.69) is 90.8 Å². The summed E-state index contributed by atoms with van der Waals surface area (Å²) in [6.07, 6.45) is 12.0. The number of H-pyrrole nitrogens is 1. The second-order valence-electron chi connectivity index (χ2n) is 27.4. The van der Waals surface area contributed by atoms with Crippen LogP contribution in [0.4, 0.5) is 34.3 Å². The predicted octanol–water partition coefficient (Wildman–Crippen LogP) is 9.54. The molecule has 14 rings (SSSR count). The van der Waals surface area contributed by atoms with Gasteiger partial charge in [-0.15, -0.1) is 0 Å². The molecule has 0 bridgehead atoms. The Balaban J connectivity index is 0.706. The van der Waals surface area contributed by atoms with Crippen LogP contribution in [0, 0.1) is 28.4 Å². The number of ether oxygens (including phenoxy) is 4. The highest BCUT2D eigenvalue weighted by Gasteiger charge is 2.51. The molecule has 6 fully saturated rings. The summed E-state index contributed by atoms with van der Waals surface area (Å²) >= 11 is 0. The summed E-state index contributed by atoms with van der Waals surface area (Å²) in [5.74, 6) is 1.57. The minimum absolute atomic E-state index is 0.0463. The van der Waals surface area contributed by atoms with Crippen LogP contribution in [0.3, 0.4) is 0 Å². The Bertz CT molecular complexity index is 3770. The second-order valence-corrected chi connectivity index (χ2v) is 29.0. The third-order valence-electron chi connectivity index (χ3n) is 21.1. The predicted molar refractivity (Wildman–Crippen MR) is 340 cm³/mol. The number of fused-ring (bicyclic) bond motifs is 4. The SMILES string of the molecule is Cc1ccccc1[C@@H]1CN(Cc2cnc(N3CCOCC3)c3c2C(C)(C)CCO3)CCN1C1CC2(CCN(c3ccc(C(=O)NS(=O)(=O)c4ccc(NCC5CCC(C)(O)CC5)c([N+](=O)[O-])c4)c(N4c5cc6cc[nH]c6nc5O[C@H]5COCC[C@@H]54)c3)CC2)C1. The van der Waals surface area contributed by atoms with Crippen LogP contribution in [0.2, 0.25) is 0 Å². The Kier molecular flexibility index (Phi) is 15.8. The fraction of sp³-hybridized carbons (Fsp3) is 0.537. The number of piperidine rings is 1. The fourth-order valence-electron chi connectivity index (χ4n) is 15.8. The third kappa shape index (κ3) is 11.7. The standard InChI is InChI=1S/C67H83N11O10S/c1-43-7-5-6-8-50(43)57-41-73(40-46-39-70-62(75-27-31-85-32-28-75)60-59(46)65(2,3)21-30-87-60)25-26-76(57)48-36-67(37-48)19-23-74(24-20-67)47-9-11-51(54(34-47)77-53-16-29-86-42-58(53)88-64-56(77)33-45-15-22-68-61(45)71-64)63(79)72-89(83,84)49-10-12-52(55(35-49)78(81)82)69-38-44-13-17-66(4,80)18-14-44/h5-12,15,22,33-35,39,44,48,53,57-58,69,80H,13-14,16-21,23-32,36-38,40-42H2,1-4H3,(H,68,71)(H,72,79)/t44?,53-,57-,58-,66?/m0/s1. The molecule has 4 saturated heterocycles. The van der Waals surface area contributed by atoms with Gasteiger partial charge in [-0.05, 0) is 154 Å². The first-order valence-electron chi connectivity index (χ1n) is 32.1. The normalized spacial score (nSPS) is 25.5. The van der Waals surface area contributed by atoms with Crippen molar-refractivity contribution in [3.8, 4) is 11.6 Å². The van der Waals surface area contributed by atoms with Gasteiger partial charge < -0.3 is 49.1 Å². The van der Waals surface area contributed by atoms with E-state index in [1.165, 1.54) is 34.4 Å². The summed E-state index contributed by atoms with van der Waals surface area (Å²) in [5.41, 5.74) is 7.22. The molecular formula is C67H83N11O10S. The lowest BCUT2D eigenvalue weighted by Gasteiger charge is -2.58. The minimum Gasteiger partial charge on any atom is -0.489 e. The number of aliphatic hydroxyl groups is 1. The zero-order valence-corrected chi connectivity index (χ0v) is 52.4. The number of nitrogens with one attached hydrogen (secondary N) is 3. The molecule has 8 aliphatic rings. The zero-order valence-electron chi connectivity index (χ0n) is 51.5. The molecule has 3 aromatic heterocycles. The van der Waals surface area contributed by atoms with E-state index in [1.807, 2.05) is 37.4 Å². The Morgan fingerprint density at radius 3 is 2.45 bits per heavy atom. The summed E-state index contributed by atoms with van der Waals surface area (Å²) < 4.78 is 55.8. The van der Waals surface area contributed by atoms with Crippen LogP contribution in [-0.4, -0.2) is 158 Å². The van der Waals surface area contributed by atoms with E-state index >= 15 is 0 Å². The van der Waals surface area contributed by atoms with E-state index in [1.54, 1.807) is 6.07 Å². The van der Waals surface area contributed by atoms with Crippen LogP contribution in [0.1, 0.15) is 124 Å². The molecule has 4 N–H and O–H groups in total. The molecule has 472 valence electrons. The Hall–Kier alpha value is -7.08. The summed E-state index contributed by atoms with van der Waals surface area (Å²) in [6, 6.07) is 22.5. The largest absolute Gasteiger partial charge is 0.489 e. The van der Waals surface area contributed by atoms with E-state index < -0.39 is 43.1 Å². The van der Waals surface area contributed by atoms with Crippen LogP contribution < -0.4 is 34.2 Å². The van der Waals surface area contributed by atoms with Gasteiger partial charge in [0.05, 0.1) is 59.1 Å². The highest BCUT2D eigenvalue weighted by molar-refractivity contribution is 7.90. The van der Waals surface area contributed by atoms with Gasteiger partial charge in [-0.2, -0.15) is 4.98 Å². The molecule has 3 atom stereocenters. The number of hydrogen-bond donors (Lipinski definition) is 4. The molecule has 22 heteroatoms. The number of aryl methyl sites for hydroxylation is 1. The molecule has 6 aromatic rings. The minimum atomic E-state index is -4.65. The summed E-state index contributed by atoms with van der Waals surface area (Å²) in [5, 5.41) is 26.9.